The van der Waals surface area contributed by atoms with E-state index in [1.165, 1.54) is 81.1 Å². The Morgan fingerprint density at radius 1 is 0.850 bits per heavy atom. The van der Waals surface area contributed by atoms with Gasteiger partial charge in [0.2, 0.25) is 5.51 Å². The van der Waals surface area contributed by atoms with E-state index in [-0.39, 0.29) is 22.9 Å². The minimum Gasteiger partial charge on any atom is -1.00 e. The molecule has 0 atom stereocenters. The maximum absolute atomic E-state index is 12.9. The first-order valence-corrected chi connectivity index (χ1v) is 15.6. The number of methoxy groups -OCH3 is 1. The number of rotatable bonds is 19. The lowest BCUT2D eigenvalue weighted by Crippen LogP contribution is -3.00. The number of carbonyl (C=O) groups is 1. The fraction of sp³-hybridized carbons (Fsp3) is 0.515. The average Bonchev–Trinajstić information content (AvgIpc) is 3.36. The van der Waals surface area contributed by atoms with E-state index in [2.05, 4.69) is 35.4 Å². The van der Waals surface area contributed by atoms with Gasteiger partial charge in [-0.1, -0.05) is 101 Å². The van der Waals surface area contributed by atoms with Crippen molar-refractivity contribution in [3.63, 3.8) is 0 Å². The predicted octanol–water partition coefficient (Wildman–Crippen LogP) is 5.74. The summed E-state index contributed by atoms with van der Waals surface area (Å²) in [5.74, 6) is 1.10. The van der Waals surface area contributed by atoms with Crippen molar-refractivity contribution >= 4 is 22.9 Å². The molecule has 1 amide bonds. The van der Waals surface area contributed by atoms with E-state index in [4.69, 9.17) is 9.47 Å². The zero-order valence-corrected chi connectivity index (χ0v) is 27.0. The first kappa shape index (κ1) is 33.8. The Kier molecular flexibility index (Phi) is 16.6. The highest BCUT2D eigenvalue weighted by Gasteiger charge is 2.12. The van der Waals surface area contributed by atoms with Crippen LogP contribution < -0.4 is 36.3 Å². The van der Waals surface area contributed by atoms with Crippen molar-refractivity contribution in [2.24, 2.45) is 0 Å². The molecule has 3 rings (SSSR count). The maximum atomic E-state index is 12.9. The molecule has 0 unspecified atom stereocenters. The molecule has 0 saturated heterocycles. The second-order valence-electron chi connectivity index (χ2n) is 10.4. The van der Waals surface area contributed by atoms with E-state index in [0.717, 1.165) is 18.7 Å². The van der Waals surface area contributed by atoms with Crippen LogP contribution in [0, 0.1) is 6.92 Å². The van der Waals surface area contributed by atoms with Gasteiger partial charge in [0, 0.05) is 16.8 Å². The molecule has 5 nitrogen and oxygen atoms in total. The number of hydrogen-bond acceptors (Lipinski definition) is 4. The average molecular weight is 632 g/mol. The number of anilines is 1. The Balaban J connectivity index is 0.00000560. The number of benzene rings is 2. The van der Waals surface area contributed by atoms with Gasteiger partial charge in [-0.15, -0.1) is 0 Å². The van der Waals surface area contributed by atoms with Crippen LogP contribution in [0.2, 0.25) is 0 Å². The molecule has 1 heterocycles. The van der Waals surface area contributed by atoms with Crippen LogP contribution in [0.15, 0.2) is 54.2 Å². The third kappa shape index (κ3) is 12.4. The second-order valence-corrected chi connectivity index (χ2v) is 11.5. The van der Waals surface area contributed by atoms with E-state index in [1.54, 1.807) is 36.6 Å². The molecule has 3 aromatic rings. The molecule has 0 radical (unpaired) electrons. The Labute approximate surface area is 256 Å². The van der Waals surface area contributed by atoms with Gasteiger partial charge in [0.25, 0.3) is 5.91 Å². The van der Waals surface area contributed by atoms with Gasteiger partial charge in [-0.2, -0.15) is 4.57 Å². The van der Waals surface area contributed by atoms with Crippen molar-refractivity contribution < 1.29 is 35.8 Å². The van der Waals surface area contributed by atoms with E-state index in [0.29, 0.717) is 23.7 Å². The number of aromatic nitrogens is 1. The van der Waals surface area contributed by atoms with Crippen LogP contribution in [0.4, 0.5) is 5.69 Å². The molecular weight excluding hydrogens is 584 g/mol. The summed E-state index contributed by atoms with van der Waals surface area (Å²) < 4.78 is 13.7. The standard InChI is InChI=1S/C33H46N2O3S.BrH/c1-4-5-6-7-8-9-10-11-12-13-14-15-22-38-32-23-29(18-21-31(32)37-3)33(36)34-30-19-16-28(17-20-30)25-35-24-27(2)39-26-35;/h16-21,23-24,26H,4-15,22,25H2,1-3H3;1H. The van der Waals surface area contributed by atoms with E-state index in [1.807, 2.05) is 24.3 Å². The topological polar surface area (TPSA) is 51.4 Å². The molecule has 0 fully saturated rings. The zero-order chi connectivity index (χ0) is 27.7. The number of amides is 1. The minimum atomic E-state index is -0.163. The Morgan fingerprint density at radius 3 is 2.05 bits per heavy atom. The SMILES string of the molecule is CCCCCCCCCCCCCCOc1cc(C(=O)Nc2ccc(C[n+]3csc(C)c3)cc2)ccc1OC.[Br-]. The Hall–Kier alpha value is -2.38. The number of nitrogens with zero attached hydrogens (tertiary/aromatic N) is 1. The highest BCUT2D eigenvalue weighted by Crippen LogP contribution is 2.29. The monoisotopic (exact) mass is 630 g/mol. The molecule has 40 heavy (non-hydrogen) atoms. The van der Waals surface area contributed by atoms with Crippen LogP contribution in [-0.4, -0.2) is 19.6 Å². The smallest absolute Gasteiger partial charge is 0.255 e. The lowest BCUT2D eigenvalue weighted by atomic mass is 10.1. The van der Waals surface area contributed by atoms with Crippen molar-refractivity contribution in [1.82, 2.24) is 0 Å². The highest BCUT2D eigenvalue weighted by atomic mass is 79.9. The summed E-state index contributed by atoms with van der Waals surface area (Å²) in [6.07, 6.45) is 17.9. The van der Waals surface area contributed by atoms with Gasteiger partial charge in [-0.25, -0.2) is 0 Å². The second kappa shape index (κ2) is 19.7. The van der Waals surface area contributed by atoms with Gasteiger partial charge in [0.1, 0.15) is 0 Å². The van der Waals surface area contributed by atoms with Crippen molar-refractivity contribution in [2.75, 3.05) is 19.0 Å². The van der Waals surface area contributed by atoms with Crippen LogP contribution in [0.25, 0.3) is 0 Å². The van der Waals surface area contributed by atoms with E-state index >= 15 is 0 Å². The van der Waals surface area contributed by atoms with Crippen LogP contribution in [0.5, 0.6) is 11.5 Å². The quantitative estimate of drug-likeness (QED) is 0.136. The van der Waals surface area contributed by atoms with Crippen LogP contribution in [-0.2, 0) is 6.54 Å². The first-order chi connectivity index (χ1) is 19.1. The molecular formula is C33H47BrN2O3S. The molecule has 0 aliphatic rings. The molecule has 0 aliphatic heterocycles. The molecule has 1 aromatic heterocycles. The summed E-state index contributed by atoms with van der Waals surface area (Å²) in [7, 11) is 1.63. The van der Waals surface area contributed by atoms with Crippen molar-refractivity contribution in [1.29, 1.82) is 0 Å². The van der Waals surface area contributed by atoms with Crippen molar-refractivity contribution in [3.8, 4) is 11.5 Å². The largest absolute Gasteiger partial charge is 1.00 e. The van der Waals surface area contributed by atoms with Gasteiger partial charge >= 0.3 is 0 Å². The third-order valence-electron chi connectivity index (χ3n) is 6.98. The number of unbranched alkanes of at least 4 members (excludes halogenated alkanes) is 11. The molecule has 0 saturated carbocycles. The van der Waals surface area contributed by atoms with Gasteiger partial charge in [0.05, 0.1) is 18.6 Å². The van der Waals surface area contributed by atoms with Gasteiger partial charge in [-0.05, 0) is 43.7 Å². The maximum Gasteiger partial charge on any atom is 0.255 e. The molecule has 7 heteroatoms. The molecule has 2 aromatic carbocycles. The highest BCUT2D eigenvalue weighted by molar-refractivity contribution is 7.09. The van der Waals surface area contributed by atoms with Gasteiger partial charge < -0.3 is 31.8 Å². The lowest BCUT2D eigenvalue weighted by molar-refractivity contribution is -0.683. The number of hydrogen-bond donors (Lipinski definition) is 1. The van der Waals surface area contributed by atoms with Crippen molar-refractivity contribution in [2.45, 2.75) is 97.4 Å². The molecule has 220 valence electrons. The number of halogens is 1. The van der Waals surface area contributed by atoms with Gasteiger partial charge in [-0.3, -0.25) is 4.79 Å². The summed E-state index contributed by atoms with van der Waals surface area (Å²) in [6.45, 7) is 5.82. The first-order valence-electron chi connectivity index (χ1n) is 14.7. The summed E-state index contributed by atoms with van der Waals surface area (Å²) in [5.41, 5.74) is 4.62. The third-order valence-corrected chi connectivity index (χ3v) is 7.83. The fourth-order valence-electron chi connectivity index (χ4n) is 4.69. The van der Waals surface area contributed by atoms with Gasteiger partial charge in [0.15, 0.2) is 24.2 Å². The summed E-state index contributed by atoms with van der Waals surface area (Å²) in [6, 6.07) is 13.3. The summed E-state index contributed by atoms with van der Waals surface area (Å²) in [4.78, 5) is 14.2. The molecule has 1 N–H and O–H groups in total. The number of thiazole rings is 1. The number of ether oxygens (including phenoxy) is 2. The molecule has 0 spiro atoms. The minimum absolute atomic E-state index is 0. The van der Waals surface area contributed by atoms with E-state index < -0.39 is 0 Å². The fourth-order valence-corrected chi connectivity index (χ4v) is 5.32. The Morgan fingerprint density at radius 2 is 1.48 bits per heavy atom. The molecule has 0 bridgehead atoms. The lowest BCUT2D eigenvalue weighted by Gasteiger charge is -2.13. The van der Waals surface area contributed by atoms with Crippen LogP contribution >= 0.6 is 11.3 Å². The molecule has 0 aliphatic carbocycles. The number of nitrogens with one attached hydrogen (secondary N) is 1. The predicted molar refractivity (Wildman–Crippen MR) is 162 cm³/mol. The summed E-state index contributed by atoms with van der Waals surface area (Å²) in [5, 5.41) is 3.00. The van der Waals surface area contributed by atoms with Crippen molar-refractivity contribution in [3.05, 3.63) is 70.2 Å². The van der Waals surface area contributed by atoms with Crippen LogP contribution in [0.3, 0.4) is 0 Å². The zero-order valence-electron chi connectivity index (χ0n) is 24.6. The van der Waals surface area contributed by atoms with Crippen LogP contribution in [0.1, 0.15) is 105 Å². The Bertz CT molecular complexity index is 1120. The number of carbonyl (C=O) groups excluding carboxylic acids is 1. The van der Waals surface area contributed by atoms with E-state index in [9.17, 15) is 4.79 Å². The number of aryl methyl sites for hydroxylation is 1. The normalized spacial score (nSPS) is 10.7. The summed E-state index contributed by atoms with van der Waals surface area (Å²) >= 11 is 1.74.